The predicted molar refractivity (Wildman–Crippen MR) is 147 cm³/mol. The Bertz CT molecular complexity index is 1050. The third kappa shape index (κ3) is 4.63. The van der Waals surface area contributed by atoms with Crippen LogP contribution in [0.4, 0.5) is 5.69 Å². The summed E-state index contributed by atoms with van der Waals surface area (Å²) in [5.41, 5.74) is 0.693. The van der Waals surface area contributed by atoms with Crippen LogP contribution >= 0.6 is 11.8 Å². The van der Waals surface area contributed by atoms with E-state index in [2.05, 4.69) is 22.5 Å². The van der Waals surface area contributed by atoms with Crippen molar-refractivity contribution in [3.63, 3.8) is 0 Å². The lowest BCUT2D eigenvalue weighted by Crippen LogP contribution is -2.58. The van der Waals surface area contributed by atoms with Crippen molar-refractivity contribution < 1.29 is 24.2 Å². The number of amides is 3. The number of morpholine rings is 1. The number of anilines is 1. The smallest absolute Gasteiger partial charge is 0.244 e. The molecule has 9 nitrogen and oxygen atoms in total. The van der Waals surface area contributed by atoms with Gasteiger partial charge in [-0.25, -0.2) is 0 Å². The summed E-state index contributed by atoms with van der Waals surface area (Å²) in [5.74, 6) is -1.77. The molecule has 0 radical (unpaired) electrons. The molecule has 0 aliphatic carbocycles. The number of aliphatic hydroxyl groups is 1. The number of hydrogen-bond donors (Lipinski definition) is 3. The van der Waals surface area contributed by atoms with E-state index in [1.54, 1.807) is 16.7 Å². The molecule has 0 aromatic heterocycles. The lowest BCUT2D eigenvalue weighted by molar-refractivity contribution is -0.143. The maximum absolute atomic E-state index is 14.2. The summed E-state index contributed by atoms with van der Waals surface area (Å²) in [5, 5.41) is 16.5. The van der Waals surface area contributed by atoms with E-state index in [1.807, 2.05) is 44.2 Å². The Morgan fingerprint density at radius 2 is 1.87 bits per heavy atom. The summed E-state index contributed by atoms with van der Waals surface area (Å²) in [6, 6.07) is 8.06. The number of nitrogens with zero attached hydrogens (tertiary/aromatic N) is 2. The Morgan fingerprint density at radius 1 is 1.16 bits per heavy atom. The zero-order valence-electron chi connectivity index (χ0n) is 22.5. The van der Waals surface area contributed by atoms with E-state index in [4.69, 9.17) is 4.74 Å². The molecule has 38 heavy (non-hydrogen) atoms. The normalized spacial score (nSPS) is 33.4. The minimum Gasteiger partial charge on any atom is -0.394 e. The number of carbonyl (C=O) groups excluding carboxylic acids is 3. The zero-order chi connectivity index (χ0) is 27.1. The fourth-order valence-corrected chi connectivity index (χ4v) is 9.38. The summed E-state index contributed by atoms with van der Waals surface area (Å²) in [4.78, 5) is 45.8. The summed E-state index contributed by atoms with van der Waals surface area (Å²) in [6.45, 7) is 10.00. The maximum atomic E-state index is 14.2. The van der Waals surface area contributed by atoms with Gasteiger partial charge in [0.2, 0.25) is 17.7 Å². The van der Waals surface area contributed by atoms with Crippen LogP contribution in [-0.2, 0) is 19.1 Å². The van der Waals surface area contributed by atoms with Gasteiger partial charge in [0.25, 0.3) is 0 Å². The Kier molecular flexibility index (Phi) is 7.79. The van der Waals surface area contributed by atoms with Crippen molar-refractivity contribution >= 4 is 35.2 Å². The number of ether oxygens (including phenoxy) is 1. The third-order valence-corrected chi connectivity index (χ3v) is 10.9. The molecule has 0 saturated carbocycles. The highest BCUT2D eigenvalue weighted by Gasteiger charge is 2.77. The molecule has 4 aliphatic heterocycles. The second kappa shape index (κ2) is 10.8. The lowest BCUT2D eigenvalue weighted by Gasteiger charge is -2.38. The molecule has 1 aromatic rings. The highest BCUT2D eigenvalue weighted by Crippen LogP contribution is 2.71. The van der Waals surface area contributed by atoms with Gasteiger partial charge in [-0.3, -0.25) is 19.3 Å². The standard InChI is InChI=1S/C28H40N4O5S/c1-18(2)20(17-33)32-23(25(35)29-11-12-31-13-15-37-16-14-31)28-10-9-27(3,38-28)21(22(28)26(32)36)24(34)30-19-7-5-4-6-8-19/h4-8,18,20-23,33H,9-17H2,1-3H3,(H,29,35)(H,30,34)/t20-,21+,22-,23?,27-,28?/m0/s1. The summed E-state index contributed by atoms with van der Waals surface area (Å²) >= 11 is 1.65. The number of benzene rings is 1. The van der Waals surface area contributed by atoms with Crippen LogP contribution in [0.2, 0.25) is 0 Å². The van der Waals surface area contributed by atoms with Crippen LogP contribution in [0.3, 0.4) is 0 Å². The first-order valence-electron chi connectivity index (χ1n) is 13.8. The topological polar surface area (TPSA) is 111 Å². The Balaban J connectivity index is 1.43. The molecule has 1 spiro atoms. The van der Waals surface area contributed by atoms with Crippen molar-refractivity contribution in [3.05, 3.63) is 30.3 Å². The number of nitrogens with one attached hydrogen (secondary N) is 2. The fourth-order valence-electron chi connectivity index (χ4n) is 7.04. The highest BCUT2D eigenvalue weighted by molar-refractivity contribution is 8.02. The number of thioether (sulfide) groups is 1. The molecule has 2 bridgehead atoms. The molecule has 6 atom stereocenters. The van der Waals surface area contributed by atoms with Gasteiger partial charge in [0.1, 0.15) is 6.04 Å². The van der Waals surface area contributed by atoms with Gasteiger partial charge in [-0.2, -0.15) is 0 Å². The van der Waals surface area contributed by atoms with Crippen LogP contribution in [0.5, 0.6) is 0 Å². The average molecular weight is 545 g/mol. The number of para-hydroxylation sites is 1. The first kappa shape index (κ1) is 27.4. The Hall–Kier alpha value is -2.14. The van der Waals surface area contributed by atoms with Crippen LogP contribution in [0.15, 0.2) is 30.3 Å². The first-order chi connectivity index (χ1) is 18.2. The quantitative estimate of drug-likeness (QED) is 0.433. The van der Waals surface area contributed by atoms with Crippen molar-refractivity contribution in [2.45, 2.75) is 55.2 Å². The van der Waals surface area contributed by atoms with Crippen molar-refractivity contribution in [3.8, 4) is 0 Å². The minimum atomic E-state index is -0.731. The summed E-state index contributed by atoms with van der Waals surface area (Å²) < 4.78 is 4.28. The van der Waals surface area contributed by atoms with Crippen LogP contribution in [-0.4, -0.2) is 100 Å². The molecule has 2 unspecified atom stereocenters. The monoisotopic (exact) mass is 544 g/mol. The van der Waals surface area contributed by atoms with E-state index in [1.165, 1.54) is 0 Å². The van der Waals surface area contributed by atoms with E-state index in [9.17, 15) is 19.5 Å². The van der Waals surface area contributed by atoms with Crippen LogP contribution in [0.1, 0.15) is 33.6 Å². The van der Waals surface area contributed by atoms with Crippen LogP contribution in [0.25, 0.3) is 0 Å². The molecule has 4 aliphatic rings. The highest BCUT2D eigenvalue weighted by atomic mass is 32.2. The van der Waals surface area contributed by atoms with E-state index in [0.717, 1.165) is 19.5 Å². The number of hydrogen-bond acceptors (Lipinski definition) is 7. The molecule has 3 N–H and O–H groups in total. The van der Waals surface area contributed by atoms with Gasteiger partial charge in [0, 0.05) is 36.6 Å². The number of aliphatic hydroxyl groups excluding tert-OH is 1. The van der Waals surface area contributed by atoms with Gasteiger partial charge in [0.15, 0.2) is 0 Å². The maximum Gasteiger partial charge on any atom is 0.244 e. The molecule has 4 heterocycles. The van der Waals surface area contributed by atoms with Gasteiger partial charge < -0.3 is 25.4 Å². The SMILES string of the molecule is CC(C)[C@H](CO)N1C(=O)[C@@H]2[C@H](C(=O)Nc3ccccc3)[C@]3(C)CCC2(S3)C1C(=O)NCCN1CCOCC1. The van der Waals surface area contributed by atoms with Crippen molar-refractivity contribution in [2.24, 2.45) is 17.8 Å². The molecule has 208 valence electrons. The van der Waals surface area contributed by atoms with E-state index < -0.39 is 33.4 Å². The number of carbonyl (C=O) groups is 3. The average Bonchev–Trinajstić information content (AvgIpc) is 3.46. The molecular weight excluding hydrogens is 504 g/mol. The van der Waals surface area contributed by atoms with Gasteiger partial charge in [-0.05, 0) is 37.8 Å². The zero-order valence-corrected chi connectivity index (χ0v) is 23.3. The second-order valence-electron chi connectivity index (χ2n) is 11.6. The predicted octanol–water partition coefficient (Wildman–Crippen LogP) is 1.57. The van der Waals surface area contributed by atoms with Crippen LogP contribution < -0.4 is 10.6 Å². The molecule has 5 rings (SSSR count). The molecule has 4 saturated heterocycles. The lowest BCUT2D eigenvalue weighted by atomic mass is 9.66. The summed E-state index contributed by atoms with van der Waals surface area (Å²) in [7, 11) is 0. The molecule has 10 heteroatoms. The Morgan fingerprint density at radius 3 is 2.53 bits per heavy atom. The van der Waals surface area contributed by atoms with Gasteiger partial charge in [-0.1, -0.05) is 32.0 Å². The fraction of sp³-hybridized carbons (Fsp3) is 0.679. The van der Waals surface area contributed by atoms with Gasteiger partial charge >= 0.3 is 0 Å². The summed E-state index contributed by atoms with van der Waals surface area (Å²) in [6.07, 6.45) is 1.44. The number of rotatable bonds is 9. The van der Waals surface area contributed by atoms with E-state index in [-0.39, 0.29) is 30.2 Å². The third-order valence-electron chi connectivity index (χ3n) is 8.93. The second-order valence-corrected chi connectivity index (χ2v) is 13.5. The van der Waals surface area contributed by atoms with E-state index in [0.29, 0.717) is 38.4 Å². The van der Waals surface area contributed by atoms with E-state index >= 15 is 0 Å². The van der Waals surface area contributed by atoms with Crippen molar-refractivity contribution in [1.29, 1.82) is 0 Å². The van der Waals surface area contributed by atoms with Gasteiger partial charge in [-0.15, -0.1) is 11.8 Å². The first-order valence-corrected chi connectivity index (χ1v) is 14.6. The molecule has 3 amide bonds. The number of likely N-dealkylation sites (tertiary alicyclic amines) is 1. The molecular formula is C28H40N4O5S. The van der Waals surface area contributed by atoms with Crippen molar-refractivity contribution in [2.75, 3.05) is 51.3 Å². The molecule has 1 aromatic carbocycles. The largest absolute Gasteiger partial charge is 0.394 e. The minimum absolute atomic E-state index is 0.0443. The van der Waals surface area contributed by atoms with Crippen molar-refractivity contribution in [1.82, 2.24) is 15.1 Å². The van der Waals surface area contributed by atoms with Crippen LogP contribution in [0, 0.1) is 17.8 Å². The van der Waals surface area contributed by atoms with Gasteiger partial charge in [0.05, 0.1) is 42.4 Å². The Labute approximate surface area is 229 Å². The number of fused-ring (bicyclic) bond motifs is 1. The molecule has 4 fully saturated rings.